The lowest BCUT2D eigenvalue weighted by Crippen LogP contribution is -2.22. The minimum Gasteiger partial charge on any atom is -0.481 e. The fraction of sp³-hybridized carbons (Fsp3) is 0.312. The topological polar surface area (TPSA) is 147 Å². The summed E-state index contributed by atoms with van der Waals surface area (Å²) in [6.07, 6.45) is -1.19. The molecule has 2 atom stereocenters. The van der Waals surface area contributed by atoms with Gasteiger partial charge < -0.3 is 29.9 Å². The zero-order chi connectivity index (χ0) is 31.1. The number of rotatable bonds is 13. The first kappa shape index (κ1) is 31.3. The van der Waals surface area contributed by atoms with Gasteiger partial charge in [-0.25, -0.2) is 9.37 Å². The number of hydrogen-bond acceptors (Lipinski definition) is 7. The Morgan fingerprint density at radius 3 is 2.35 bits per heavy atom. The maximum Gasteiger partial charge on any atom is 0.316 e. The Morgan fingerprint density at radius 2 is 1.72 bits per heavy atom. The van der Waals surface area contributed by atoms with Gasteiger partial charge in [0.1, 0.15) is 5.82 Å². The zero-order valence-corrected chi connectivity index (χ0v) is 24.2. The number of carbonyl (C=O) groups is 2. The fourth-order valence-corrected chi connectivity index (χ4v) is 5.15. The number of carbonyl (C=O) groups excluding carboxylic acids is 1. The number of amides is 1. The van der Waals surface area contributed by atoms with E-state index in [1.165, 1.54) is 25.4 Å². The van der Waals surface area contributed by atoms with Gasteiger partial charge in [0, 0.05) is 29.7 Å². The van der Waals surface area contributed by atoms with E-state index in [0.717, 1.165) is 0 Å². The van der Waals surface area contributed by atoms with E-state index in [9.17, 15) is 24.2 Å². The maximum atomic E-state index is 14.1. The van der Waals surface area contributed by atoms with Gasteiger partial charge in [-0.05, 0) is 66.8 Å². The SMILES string of the molecule is COc1nccc(-c2c(C(=O)Nc3ccccc3)c(C(C)C)n(CC[C@@H](O)C[C@@H](O)CC(=O)O)c2-c2ccc(F)cc2)n1. The summed E-state index contributed by atoms with van der Waals surface area (Å²) in [4.78, 5) is 33.8. The van der Waals surface area contributed by atoms with E-state index in [0.29, 0.717) is 39.5 Å². The molecule has 10 nitrogen and oxygen atoms in total. The summed E-state index contributed by atoms with van der Waals surface area (Å²) in [5.41, 5.74) is 3.65. The van der Waals surface area contributed by atoms with Crippen molar-refractivity contribution in [2.24, 2.45) is 0 Å². The number of aliphatic hydroxyl groups excluding tert-OH is 2. The highest BCUT2D eigenvalue weighted by Gasteiger charge is 2.32. The normalized spacial score (nSPS) is 12.6. The van der Waals surface area contributed by atoms with Gasteiger partial charge in [0.15, 0.2) is 0 Å². The monoisotopic (exact) mass is 590 g/mol. The van der Waals surface area contributed by atoms with Gasteiger partial charge in [-0.2, -0.15) is 4.98 Å². The molecular weight excluding hydrogens is 555 g/mol. The number of aliphatic hydroxyl groups is 2. The van der Waals surface area contributed by atoms with Crippen LogP contribution in [0.1, 0.15) is 55.1 Å². The van der Waals surface area contributed by atoms with Crippen LogP contribution in [-0.4, -0.2) is 61.0 Å². The number of aromatic nitrogens is 3. The largest absolute Gasteiger partial charge is 0.481 e. The van der Waals surface area contributed by atoms with E-state index in [-0.39, 0.29) is 37.2 Å². The first-order chi connectivity index (χ1) is 20.6. The van der Waals surface area contributed by atoms with E-state index < -0.39 is 30.4 Å². The smallest absolute Gasteiger partial charge is 0.316 e. The molecule has 0 aliphatic heterocycles. The molecule has 0 bridgehead atoms. The molecule has 226 valence electrons. The molecule has 0 fully saturated rings. The Kier molecular flexibility index (Phi) is 10.2. The summed E-state index contributed by atoms with van der Waals surface area (Å²) in [6.45, 7) is 4.09. The van der Waals surface area contributed by atoms with Crippen molar-refractivity contribution >= 4 is 17.6 Å². The molecule has 0 saturated heterocycles. The van der Waals surface area contributed by atoms with Crippen LogP contribution in [0.15, 0.2) is 66.9 Å². The molecule has 0 unspecified atom stereocenters. The number of benzene rings is 2. The van der Waals surface area contributed by atoms with Crippen LogP contribution in [0.2, 0.25) is 0 Å². The molecule has 2 heterocycles. The molecule has 2 aromatic carbocycles. The first-order valence-electron chi connectivity index (χ1n) is 13.9. The van der Waals surface area contributed by atoms with Crippen molar-refractivity contribution in [2.45, 2.75) is 57.8 Å². The molecule has 0 aliphatic rings. The van der Waals surface area contributed by atoms with E-state index in [1.54, 1.807) is 30.3 Å². The molecule has 2 aromatic heterocycles. The molecule has 4 rings (SSSR count). The highest BCUT2D eigenvalue weighted by molar-refractivity contribution is 6.12. The van der Waals surface area contributed by atoms with Crippen molar-refractivity contribution in [1.29, 1.82) is 0 Å². The first-order valence-corrected chi connectivity index (χ1v) is 13.9. The number of nitrogens with one attached hydrogen (secondary N) is 1. The lowest BCUT2D eigenvalue weighted by atomic mass is 9.97. The van der Waals surface area contributed by atoms with Gasteiger partial charge in [0.2, 0.25) is 0 Å². The van der Waals surface area contributed by atoms with Gasteiger partial charge in [-0.1, -0.05) is 32.0 Å². The Morgan fingerprint density at radius 1 is 1.02 bits per heavy atom. The number of anilines is 1. The second-order valence-electron chi connectivity index (χ2n) is 10.5. The van der Waals surface area contributed by atoms with Crippen LogP contribution < -0.4 is 10.1 Å². The number of carboxylic acid groups (broad SMARTS) is 1. The molecule has 0 radical (unpaired) electrons. The Hall–Kier alpha value is -4.61. The average molecular weight is 591 g/mol. The Balaban J connectivity index is 1.93. The molecule has 43 heavy (non-hydrogen) atoms. The quantitative estimate of drug-likeness (QED) is 0.168. The summed E-state index contributed by atoms with van der Waals surface area (Å²) >= 11 is 0. The Labute approximate surface area is 248 Å². The molecule has 11 heteroatoms. The summed E-state index contributed by atoms with van der Waals surface area (Å²) < 4.78 is 21.3. The van der Waals surface area contributed by atoms with Crippen molar-refractivity contribution < 1.29 is 34.0 Å². The van der Waals surface area contributed by atoms with Crippen LogP contribution in [-0.2, 0) is 11.3 Å². The Bertz CT molecular complexity index is 1560. The number of hydrogen-bond donors (Lipinski definition) is 4. The number of carboxylic acids is 1. The van der Waals surface area contributed by atoms with Gasteiger partial charge in [-0.3, -0.25) is 9.59 Å². The van der Waals surface area contributed by atoms with Gasteiger partial charge in [0.05, 0.1) is 42.7 Å². The van der Waals surface area contributed by atoms with Crippen LogP contribution in [0.3, 0.4) is 0 Å². The molecule has 0 aliphatic carbocycles. The van der Waals surface area contributed by atoms with Crippen LogP contribution in [0.4, 0.5) is 10.1 Å². The highest BCUT2D eigenvalue weighted by atomic mass is 19.1. The fourth-order valence-electron chi connectivity index (χ4n) is 5.15. The summed E-state index contributed by atoms with van der Waals surface area (Å²) in [6, 6.07) is 16.6. The van der Waals surface area contributed by atoms with Crippen LogP contribution in [0, 0.1) is 5.82 Å². The van der Waals surface area contributed by atoms with E-state index in [1.807, 2.05) is 36.6 Å². The minimum atomic E-state index is -1.21. The standard InChI is InChI=1S/C32H35FN4O6/c1-19(2)29-28(31(42)35-22-7-5-4-6-8-22)27(25-13-15-34-32(36-25)43-3)30(20-9-11-21(33)12-10-20)37(29)16-14-23(38)17-24(39)18-26(40)41/h4-13,15,19,23-24,38-39H,14,16-18H2,1-3H3,(H,35,42)(H,40,41)/t23-,24-/m1/s1. The molecule has 0 spiro atoms. The molecular formula is C32H35FN4O6. The summed E-state index contributed by atoms with van der Waals surface area (Å²) in [5, 5.41) is 32.8. The maximum absolute atomic E-state index is 14.1. The highest BCUT2D eigenvalue weighted by Crippen LogP contribution is 2.42. The summed E-state index contributed by atoms with van der Waals surface area (Å²) in [7, 11) is 1.44. The number of nitrogens with zero attached hydrogens (tertiary/aromatic N) is 3. The van der Waals surface area contributed by atoms with E-state index in [4.69, 9.17) is 9.84 Å². The van der Waals surface area contributed by atoms with Gasteiger partial charge in [-0.15, -0.1) is 0 Å². The third-order valence-corrected chi connectivity index (χ3v) is 6.94. The van der Waals surface area contributed by atoms with Crippen LogP contribution in [0.25, 0.3) is 22.5 Å². The average Bonchev–Trinajstić information content (AvgIpc) is 3.32. The number of methoxy groups -OCH3 is 1. The van der Waals surface area contributed by atoms with E-state index in [2.05, 4.69) is 15.3 Å². The van der Waals surface area contributed by atoms with E-state index >= 15 is 0 Å². The molecule has 4 N–H and O–H groups in total. The number of ether oxygens (including phenoxy) is 1. The second kappa shape index (κ2) is 14.0. The van der Waals surface area contributed by atoms with Crippen molar-refractivity contribution in [3.05, 3.63) is 83.9 Å². The lowest BCUT2D eigenvalue weighted by molar-refractivity contribution is -0.139. The van der Waals surface area contributed by atoms with Crippen LogP contribution in [0.5, 0.6) is 6.01 Å². The van der Waals surface area contributed by atoms with Gasteiger partial charge >= 0.3 is 12.0 Å². The number of aliphatic carboxylic acids is 1. The summed E-state index contributed by atoms with van der Waals surface area (Å²) in [5.74, 6) is -2.17. The van der Waals surface area contributed by atoms with Crippen molar-refractivity contribution in [3.63, 3.8) is 0 Å². The molecule has 0 saturated carbocycles. The third-order valence-electron chi connectivity index (χ3n) is 6.94. The molecule has 4 aromatic rings. The predicted molar refractivity (Wildman–Crippen MR) is 159 cm³/mol. The third kappa shape index (κ3) is 7.62. The zero-order valence-electron chi connectivity index (χ0n) is 24.2. The van der Waals surface area contributed by atoms with Crippen molar-refractivity contribution in [1.82, 2.24) is 14.5 Å². The minimum absolute atomic E-state index is 0.0960. The lowest BCUT2D eigenvalue weighted by Gasteiger charge is -2.20. The van der Waals surface area contributed by atoms with Gasteiger partial charge in [0.25, 0.3) is 5.91 Å². The number of halogens is 1. The van der Waals surface area contributed by atoms with Crippen LogP contribution >= 0.6 is 0 Å². The molecule has 1 amide bonds. The predicted octanol–water partition coefficient (Wildman–Crippen LogP) is 5.11. The van der Waals surface area contributed by atoms with Crippen molar-refractivity contribution in [3.8, 4) is 28.5 Å². The van der Waals surface area contributed by atoms with Crippen molar-refractivity contribution in [2.75, 3.05) is 12.4 Å². The second-order valence-corrected chi connectivity index (χ2v) is 10.5. The number of para-hydroxylation sites is 1.